The first-order valence-electron chi connectivity index (χ1n) is 7.67. The van der Waals surface area contributed by atoms with Crippen LogP contribution in [0.25, 0.3) is 0 Å². The van der Waals surface area contributed by atoms with Crippen molar-refractivity contribution in [1.82, 2.24) is 20.2 Å². The first-order valence-corrected chi connectivity index (χ1v) is 7.67. The molecule has 1 atom stereocenters. The Morgan fingerprint density at radius 2 is 2.05 bits per heavy atom. The molecule has 2 N–H and O–H groups in total. The molecule has 0 amide bonds. The van der Waals surface area contributed by atoms with Crippen molar-refractivity contribution in [2.45, 2.75) is 64.3 Å². The Morgan fingerprint density at radius 1 is 1.32 bits per heavy atom. The third-order valence-electron chi connectivity index (χ3n) is 4.43. The molecule has 19 heavy (non-hydrogen) atoms. The van der Waals surface area contributed by atoms with E-state index in [1.165, 1.54) is 49.7 Å². The second-order valence-corrected chi connectivity index (χ2v) is 5.99. The van der Waals surface area contributed by atoms with Gasteiger partial charge in [-0.1, -0.05) is 39.0 Å². The van der Waals surface area contributed by atoms with Crippen LogP contribution >= 0.6 is 0 Å². The molecule has 1 aliphatic rings. The van der Waals surface area contributed by atoms with Crippen LogP contribution in [0.3, 0.4) is 0 Å². The quantitative estimate of drug-likeness (QED) is 0.855. The van der Waals surface area contributed by atoms with Gasteiger partial charge < -0.3 is 5.73 Å². The molecule has 0 aliphatic heterocycles. The average molecular weight is 265 g/mol. The fourth-order valence-electron chi connectivity index (χ4n) is 3.18. The molecule has 0 aromatic carbocycles. The van der Waals surface area contributed by atoms with Gasteiger partial charge in [0, 0.05) is 12.5 Å². The predicted octanol–water partition coefficient (Wildman–Crippen LogP) is 2.08. The number of nitrogens with zero attached hydrogens (tertiary/aromatic N) is 4. The van der Waals surface area contributed by atoms with E-state index in [2.05, 4.69) is 22.3 Å². The molecule has 1 aromatic rings. The zero-order valence-electron chi connectivity index (χ0n) is 12.3. The average Bonchev–Trinajstić information content (AvgIpc) is 2.82. The van der Waals surface area contributed by atoms with Crippen molar-refractivity contribution in [3.05, 3.63) is 5.82 Å². The molecular weight excluding hydrogens is 238 g/mol. The van der Waals surface area contributed by atoms with Crippen LogP contribution in [-0.2, 0) is 13.5 Å². The number of nitrogens with two attached hydrogens (primary N) is 1. The number of hydrogen-bond donors (Lipinski definition) is 1. The van der Waals surface area contributed by atoms with Crippen LogP contribution in [0, 0.1) is 11.8 Å². The fourth-order valence-corrected chi connectivity index (χ4v) is 3.18. The minimum absolute atomic E-state index is 0.191. The smallest absolute Gasteiger partial charge is 0.176 e. The summed E-state index contributed by atoms with van der Waals surface area (Å²) < 4.78 is 0. The standard InChI is InChI=1S/C14H27N5/c1-3-4-5-11-6-8-12(9-7-11)13(15)10-14-16-18-19(2)17-14/h11-13H,3-10,15H2,1-2H3. The number of aryl methyl sites for hydroxylation is 1. The Kier molecular flexibility index (Phi) is 5.31. The lowest BCUT2D eigenvalue weighted by Crippen LogP contribution is -2.35. The summed E-state index contributed by atoms with van der Waals surface area (Å²) >= 11 is 0. The normalized spacial score (nSPS) is 25.4. The van der Waals surface area contributed by atoms with Gasteiger partial charge in [-0.15, -0.1) is 10.2 Å². The Bertz CT molecular complexity index is 368. The molecule has 1 aromatic heterocycles. The van der Waals surface area contributed by atoms with Gasteiger partial charge in [-0.05, 0) is 29.9 Å². The zero-order valence-corrected chi connectivity index (χ0v) is 12.3. The van der Waals surface area contributed by atoms with Gasteiger partial charge in [0.15, 0.2) is 5.82 Å². The van der Waals surface area contributed by atoms with Crippen LogP contribution in [0.1, 0.15) is 57.7 Å². The molecule has 2 rings (SSSR count). The summed E-state index contributed by atoms with van der Waals surface area (Å²) in [5.74, 6) is 2.36. The van der Waals surface area contributed by atoms with Crippen molar-refractivity contribution in [3.8, 4) is 0 Å². The van der Waals surface area contributed by atoms with E-state index in [-0.39, 0.29) is 6.04 Å². The predicted molar refractivity (Wildman–Crippen MR) is 75.5 cm³/mol. The van der Waals surface area contributed by atoms with E-state index in [1.54, 1.807) is 7.05 Å². The lowest BCUT2D eigenvalue weighted by Gasteiger charge is -2.31. The lowest BCUT2D eigenvalue weighted by molar-refractivity contribution is 0.229. The largest absolute Gasteiger partial charge is 0.327 e. The van der Waals surface area contributed by atoms with Gasteiger partial charge in [-0.3, -0.25) is 0 Å². The monoisotopic (exact) mass is 265 g/mol. The minimum Gasteiger partial charge on any atom is -0.327 e. The van der Waals surface area contributed by atoms with E-state index in [4.69, 9.17) is 5.73 Å². The van der Waals surface area contributed by atoms with Gasteiger partial charge >= 0.3 is 0 Å². The highest BCUT2D eigenvalue weighted by Gasteiger charge is 2.26. The molecule has 1 heterocycles. The molecule has 0 spiro atoms. The van der Waals surface area contributed by atoms with Gasteiger partial charge in [0.05, 0.1) is 7.05 Å². The van der Waals surface area contributed by atoms with Crippen molar-refractivity contribution in [1.29, 1.82) is 0 Å². The van der Waals surface area contributed by atoms with Crippen molar-refractivity contribution < 1.29 is 0 Å². The van der Waals surface area contributed by atoms with Crippen LogP contribution in [0.2, 0.25) is 0 Å². The maximum Gasteiger partial charge on any atom is 0.176 e. The summed E-state index contributed by atoms with van der Waals surface area (Å²) in [7, 11) is 1.79. The topological polar surface area (TPSA) is 69.6 Å². The molecular formula is C14H27N5. The molecule has 1 saturated carbocycles. The fraction of sp³-hybridized carbons (Fsp3) is 0.929. The highest BCUT2D eigenvalue weighted by Crippen LogP contribution is 2.33. The van der Waals surface area contributed by atoms with Crippen LogP contribution in [0.4, 0.5) is 0 Å². The van der Waals surface area contributed by atoms with Gasteiger partial charge in [0.1, 0.15) is 0 Å². The van der Waals surface area contributed by atoms with Gasteiger partial charge in [0.2, 0.25) is 0 Å². The SMILES string of the molecule is CCCCC1CCC(C(N)Cc2nnn(C)n2)CC1. The zero-order chi connectivity index (χ0) is 13.7. The molecule has 0 radical (unpaired) electrons. The maximum atomic E-state index is 6.32. The number of unbranched alkanes of at least 4 members (excludes halogenated alkanes) is 1. The second-order valence-electron chi connectivity index (χ2n) is 5.99. The minimum atomic E-state index is 0.191. The summed E-state index contributed by atoms with van der Waals surface area (Å²) in [6.45, 7) is 2.27. The van der Waals surface area contributed by atoms with Gasteiger partial charge in [-0.2, -0.15) is 4.80 Å². The molecule has 5 nitrogen and oxygen atoms in total. The highest BCUT2D eigenvalue weighted by atomic mass is 15.6. The summed E-state index contributed by atoms with van der Waals surface area (Å²) in [6.07, 6.45) is 10.1. The van der Waals surface area contributed by atoms with Crippen LogP contribution in [-0.4, -0.2) is 26.2 Å². The summed E-state index contributed by atoms with van der Waals surface area (Å²) in [4.78, 5) is 1.50. The maximum absolute atomic E-state index is 6.32. The highest BCUT2D eigenvalue weighted by molar-refractivity contribution is 4.88. The van der Waals surface area contributed by atoms with E-state index in [9.17, 15) is 0 Å². The van der Waals surface area contributed by atoms with E-state index in [0.29, 0.717) is 5.92 Å². The first-order chi connectivity index (χ1) is 9.19. The summed E-state index contributed by atoms with van der Waals surface area (Å²) in [5, 5.41) is 12.1. The van der Waals surface area contributed by atoms with Crippen LogP contribution in [0.5, 0.6) is 0 Å². The number of rotatable bonds is 6. The molecule has 1 unspecified atom stereocenters. The molecule has 0 saturated heterocycles. The van der Waals surface area contributed by atoms with E-state index < -0.39 is 0 Å². The van der Waals surface area contributed by atoms with Crippen LogP contribution in [0.15, 0.2) is 0 Å². The second kappa shape index (κ2) is 6.98. The first kappa shape index (κ1) is 14.4. The number of tetrazole rings is 1. The van der Waals surface area contributed by atoms with Gasteiger partial charge in [0.25, 0.3) is 0 Å². The Morgan fingerprint density at radius 3 is 2.63 bits per heavy atom. The van der Waals surface area contributed by atoms with Crippen molar-refractivity contribution in [2.75, 3.05) is 0 Å². The molecule has 108 valence electrons. The van der Waals surface area contributed by atoms with Crippen LogP contribution < -0.4 is 5.73 Å². The molecule has 0 bridgehead atoms. The van der Waals surface area contributed by atoms with Crippen molar-refractivity contribution in [2.24, 2.45) is 24.6 Å². The summed E-state index contributed by atoms with van der Waals surface area (Å²) in [6, 6.07) is 0.191. The van der Waals surface area contributed by atoms with Crippen molar-refractivity contribution in [3.63, 3.8) is 0 Å². The van der Waals surface area contributed by atoms with E-state index >= 15 is 0 Å². The lowest BCUT2D eigenvalue weighted by atomic mass is 9.76. The van der Waals surface area contributed by atoms with E-state index in [0.717, 1.165) is 18.2 Å². The van der Waals surface area contributed by atoms with Gasteiger partial charge in [-0.25, -0.2) is 0 Å². The molecule has 1 aliphatic carbocycles. The Labute approximate surface area is 115 Å². The third kappa shape index (κ3) is 4.27. The van der Waals surface area contributed by atoms with Crippen molar-refractivity contribution >= 4 is 0 Å². The third-order valence-corrected chi connectivity index (χ3v) is 4.43. The molecule has 5 heteroatoms. The molecule has 1 fully saturated rings. The Balaban J connectivity index is 1.74. The number of hydrogen-bond acceptors (Lipinski definition) is 4. The number of aromatic nitrogens is 4. The Hall–Kier alpha value is -0.970. The van der Waals surface area contributed by atoms with E-state index in [1.807, 2.05) is 0 Å². The summed E-state index contributed by atoms with van der Waals surface area (Å²) in [5.41, 5.74) is 6.32.